The van der Waals surface area contributed by atoms with Crippen LogP contribution in [0.25, 0.3) is 0 Å². The Hall–Kier alpha value is -1.60. The SMILES string of the molecule is CCCN(CC(=O)NC)C(=O)[C@H]1CNC[C@@H]1c1cnn(C)c1.Cl. The Balaban J connectivity index is 0.00000264. The van der Waals surface area contributed by atoms with Gasteiger partial charge < -0.3 is 15.5 Å². The molecular formula is C15H26ClN5O2. The third-order valence-electron chi connectivity index (χ3n) is 4.10. The van der Waals surface area contributed by atoms with Crippen LogP contribution in [-0.4, -0.2) is 59.7 Å². The molecule has 23 heavy (non-hydrogen) atoms. The van der Waals surface area contributed by atoms with Crippen LogP contribution >= 0.6 is 12.4 Å². The van der Waals surface area contributed by atoms with Crippen LogP contribution in [0.4, 0.5) is 0 Å². The second-order valence-corrected chi connectivity index (χ2v) is 5.75. The maximum absolute atomic E-state index is 12.9. The van der Waals surface area contributed by atoms with Crippen LogP contribution in [0.1, 0.15) is 24.8 Å². The van der Waals surface area contributed by atoms with E-state index >= 15 is 0 Å². The Morgan fingerprint density at radius 3 is 2.78 bits per heavy atom. The molecule has 2 N–H and O–H groups in total. The van der Waals surface area contributed by atoms with Crippen LogP contribution in [0.15, 0.2) is 12.4 Å². The summed E-state index contributed by atoms with van der Waals surface area (Å²) in [4.78, 5) is 26.2. The summed E-state index contributed by atoms with van der Waals surface area (Å²) in [5.41, 5.74) is 1.07. The first-order chi connectivity index (χ1) is 10.6. The van der Waals surface area contributed by atoms with Crippen LogP contribution in [-0.2, 0) is 16.6 Å². The fraction of sp³-hybridized carbons (Fsp3) is 0.667. The summed E-state index contributed by atoms with van der Waals surface area (Å²) in [6.07, 6.45) is 4.61. The fourth-order valence-corrected chi connectivity index (χ4v) is 2.94. The Morgan fingerprint density at radius 1 is 1.48 bits per heavy atom. The zero-order chi connectivity index (χ0) is 16.1. The molecule has 1 aromatic heterocycles. The topological polar surface area (TPSA) is 79.3 Å². The van der Waals surface area contributed by atoms with Gasteiger partial charge >= 0.3 is 0 Å². The molecule has 0 radical (unpaired) electrons. The normalized spacial score (nSPS) is 20.0. The highest BCUT2D eigenvalue weighted by Gasteiger charge is 2.37. The number of nitrogens with one attached hydrogen (secondary N) is 2. The van der Waals surface area contributed by atoms with Crippen molar-refractivity contribution in [3.05, 3.63) is 18.0 Å². The predicted octanol–water partition coefficient (Wildman–Crippen LogP) is 0.130. The molecule has 0 saturated carbocycles. The maximum Gasteiger partial charge on any atom is 0.239 e. The second kappa shape index (κ2) is 8.88. The number of rotatable bonds is 6. The molecule has 0 spiro atoms. The molecule has 0 unspecified atom stereocenters. The minimum absolute atomic E-state index is 0. The van der Waals surface area contributed by atoms with Gasteiger partial charge in [0.2, 0.25) is 11.8 Å². The van der Waals surface area contributed by atoms with Gasteiger partial charge in [0.15, 0.2) is 0 Å². The number of amides is 2. The van der Waals surface area contributed by atoms with Crippen LogP contribution in [0.3, 0.4) is 0 Å². The molecule has 2 amide bonds. The molecule has 2 atom stereocenters. The Morgan fingerprint density at radius 2 is 2.22 bits per heavy atom. The van der Waals surface area contributed by atoms with E-state index < -0.39 is 0 Å². The maximum atomic E-state index is 12.9. The predicted molar refractivity (Wildman–Crippen MR) is 90.5 cm³/mol. The van der Waals surface area contributed by atoms with E-state index in [4.69, 9.17) is 0 Å². The molecule has 130 valence electrons. The monoisotopic (exact) mass is 343 g/mol. The number of carbonyl (C=O) groups is 2. The van der Waals surface area contributed by atoms with E-state index in [0.29, 0.717) is 13.1 Å². The van der Waals surface area contributed by atoms with Gasteiger partial charge in [-0.2, -0.15) is 5.10 Å². The number of hydrogen-bond donors (Lipinski definition) is 2. The van der Waals surface area contributed by atoms with Crippen molar-refractivity contribution in [3.63, 3.8) is 0 Å². The summed E-state index contributed by atoms with van der Waals surface area (Å²) >= 11 is 0. The number of aromatic nitrogens is 2. The highest BCUT2D eigenvalue weighted by atomic mass is 35.5. The Bertz CT molecular complexity index is 534. The van der Waals surface area contributed by atoms with E-state index in [-0.39, 0.29) is 42.6 Å². The van der Waals surface area contributed by atoms with Crippen molar-refractivity contribution >= 4 is 24.2 Å². The van der Waals surface area contributed by atoms with Gasteiger partial charge in [0.05, 0.1) is 18.7 Å². The Kier molecular flexibility index (Phi) is 7.51. The number of likely N-dealkylation sites (N-methyl/N-ethyl adjacent to an activating group) is 1. The van der Waals surface area contributed by atoms with Crippen molar-refractivity contribution in [2.45, 2.75) is 19.3 Å². The summed E-state index contributed by atoms with van der Waals surface area (Å²) in [7, 11) is 3.46. The minimum atomic E-state index is -0.139. The lowest BCUT2D eigenvalue weighted by atomic mass is 9.89. The van der Waals surface area contributed by atoms with Gasteiger partial charge in [0.25, 0.3) is 0 Å². The molecule has 1 saturated heterocycles. The van der Waals surface area contributed by atoms with Gasteiger partial charge in [-0.25, -0.2) is 0 Å². The van der Waals surface area contributed by atoms with Gasteiger partial charge in [0.1, 0.15) is 0 Å². The molecule has 8 heteroatoms. The van der Waals surface area contributed by atoms with Crippen LogP contribution in [0.2, 0.25) is 0 Å². The van der Waals surface area contributed by atoms with Crippen molar-refractivity contribution in [1.29, 1.82) is 0 Å². The zero-order valence-corrected chi connectivity index (χ0v) is 14.7. The third-order valence-corrected chi connectivity index (χ3v) is 4.10. The second-order valence-electron chi connectivity index (χ2n) is 5.75. The van der Waals surface area contributed by atoms with Crippen molar-refractivity contribution < 1.29 is 9.59 Å². The standard InChI is InChI=1S/C15H25N5O2.ClH/c1-4-5-20(10-14(21)16-2)15(22)13-8-17-7-12(13)11-6-18-19(3)9-11;/h6,9,12-13,17H,4-5,7-8,10H2,1-3H3,(H,16,21);1H/t12-,13+;/m1./s1. The van der Waals surface area contributed by atoms with E-state index in [1.807, 2.05) is 26.4 Å². The van der Waals surface area contributed by atoms with Gasteiger partial charge in [0, 0.05) is 45.8 Å². The summed E-state index contributed by atoms with van der Waals surface area (Å²) in [6.45, 7) is 4.14. The molecule has 1 aliphatic heterocycles. The highest BCUT2D eigenvalue weighted by Crippen LogP contribution is 2.29. The number of carbonyl (C=O) groups excluding carboxylic acids is 2. The van der Waals surface area contributed by atoms with Gasteiger partial charge in [-0.3, -0.25) is 14.3 Å². The molecule has 2 rings (SSSR count). The quantitative estimate of drug-likeness (QED) is 0.769. The van der Waals surface area contributed by atoms with E-state index in [0.717, 1.165) is 18.5 Å². The van der Waals surface area contributed by atoms with E-state index in [1.54, 1.807) is 16.6 Å². The largest absolute Gasteiger partial charge is 0.358 e. The number of nitrogens with zero attached hydrogens (tertiary/aromatic N) is 3. The first-order valence-corrected chi connectivity index (χ1v) is 7.75. The van der Waals surface area contributed by atoms with Gasteiger partial charge in [-0.05, 0) is 12.0 Å². The number of aryl methyl sites for hydroxylation is 1. The van der Waals surface area contributed by atoms with Gasteiger partial charge in [-0.1, -0.05) is 6.92 Å². The average molecular weight is 344 g/mol. The smallest absolute Gasteiger partial charge is 0.239 e. The van der Waals surface area contributed by atoms with Crippen molar-refractivity contribution in [2.24, 2.45) is 13.0 Å². The lowest BCUT2D eigenvalue weighted by molar-refractivity contribution is -0.139. The van der Waals surface area contributed by atoms with Gasteiger partial charge in [-0.15, -0.1) is 12.4 Å². The van der Waals surface area contributed by atoms with E-state index in [9.17, 15) is 9.59 Å². The summed E-state index contributed by atoms with van der Waals surface area (Å²) in [5.74, 6) is -0.111. The number of halogens is 1. The molecule has 0 aromatic carbocycles. The van der Waals surface area contributed by atoms with Crippen molar-refractivity contribution in [2.75, 3.05) is 33.2 Å². The third kappa shape index (κ3) is 4.68. The van der Waals surface area contributed by atoms with Crippen LogP contribution in [0.5, 0.6) is 0 Å². The molecule has 7 nitrogen and oxygen atoms in total. The molecule has 0 aliphatic carbocycles. The minimum Gasteiger partial charge on any atom is -0.358 e. The molecule has 1 aliphatic rings. The average Bonchev–Trinajstić information content (AvgIpc) is 3.14. The molecular weight excluding hydrogens is 318 g/mol. The number of hydrogen-bond acceptors (Lipinski definition) is 4. The summed E-state index contributed by atoms with van der Waals surface area (Å²) in [5, 5.41) is 10.1. The van der Waals surface area contributed by atoms with Crippen LogP contribution < -0.4 is 10.6 Å². The zero-order valence-electron chi connectivity index (χ0n) is 13.9. The van der Waals surface area contributed by atoms with Crippen LogP contribution in [0, 0.1) is 5.92 Å². The first-order valence-electron chi connectivity index (χ1n) is 7.75. The highest BCUT2D eigenvalue weighted by molar-refractivity contribution is 5.86. The Labute approximate surface area is 143 Å². The summed E-state index contributed by atoms with van der Waals surface area (Å²) in [6, 6.07) is 0. The molecule has 2 heterocycles. The van der Waals surface area contributed by atoms with Crippen molar-refractivity contribution in [1.82, 2.24) is 25.3 Å². The molecule has 1 aromatic rings. The molecule has 1 fully saturated rings. The van der Waals surface area contributed by atoms with Crippen molar-refractivity contribution in [3.8, 4) is 0 Å². The van der Waals surface area contributed by atoms with E-state index in [1.165, 1.54) is 0 Å². The lowest BCUT2D eigenvalue weighted by Crippen LogP contribution is -2.44. The lowest BCUT2D eigenvalue weighted by Gasteiger charge is -2.26. The fourth-order valence-electron chi connectivity index (χ4n) is 2.94. The first kappa shape index (κ1) is 19.4. The summed E-state index contributed by atoms with van der Waals surface area (Å²) < 4.78 is 1.75. The van der Waals surface area contributed by atoms with E-state index in [2.05, 4.69) is 15.7 Å². The molecule has 0 bridgehead atoms.